The Morgan fingerprint density at radius 3 is 2.76 bits per heavy atom. The summed E-state index contributed by atoms with van der Waals surface area (Å²) < 4.78 is 0. The molecule has 1 heterocycles. The van der Waals surface area contributed by atoms with Crippen LogP contribution in [0.4, 0.5) is 5.69 Å². The first-order valence-corrected chi connectivity index (χ1v) is 7.43. The van der Waals surface area contributed by atoms with E-state index < -0.39 is 5.97 Å². The van der Waals surface area contributed by atoms with Gasteiger partial charge >= 0.3 is 5.97 Å². The lowest BCUT2D eigenvalue weighted by Crippen LogP contribution is -2.16. The number of para-hydroxylation sites is 1. The molecule has 1 aromatic heterocycles. The second kappa shape index (κ2) is 6.99. The third kappa shape index (κ3) is 4.68. The van der Waals surface area contributed by atoms with Gasteiger partial charge in [-0.3, -0.25) is 9.59 Å². The van der Waals surface area contributed by atoms with Crippen molar-refractivity contribution in [2.45, 2.75) is 26.2 Å². The topological polar surface area (TPSA) is 79.3 Å². The highest BCUT2D eigenvalue weighted by Crippen LogP contribution is 2.17. The summed E-state index contributed by atoms with van der Waals surface area (Å²) in [5.41, 5.74) is 2.23. The minimum Gasteiger partial charge on any atom is -0.481 e. The molecule has 1 amide bonds. The predicted octanol–water partition coefficient (Wildman–Crippen LogP) is 2.65. The van der Waals surface area contributed by atoms with Gasteiger partial charge in [0.1, 0.15) is 0 Å². The molecule has 2 rings (SSSR count). The van der Waals surface area contributed by atoms with Gasteiger partial charge in [-0.25, -0.2) is 4.98 Å². The second-order valence-electron chi connectivity index (χ2n) is 4.63. The third-order valence-electron chi connectivity index (χ3n) is 2.91. The highest BCUT2D eigenvalue weighted by molar-refractivity contribution is 7.09. The van der Waals surface area contributed by atoms with Gasteiger partial charge < -0.3 is 10.4 Å². The van der Waals surface area contributed by atoms with E-state index in [9.17, 15) is 9.59 Å². The van der Waals surface area contributed by atoms with Crippen LogP contribution < -0.4 is 5.32 Å². The summed E-state index contributed by atoms with van der Waals surface area (Å²) >= 11 is 1.51. The largest absolute Gasteiger partial charge is 0.481 e. The number of aliphatic carboxylic acids is 1. The molecule has 0 unspecified atom stereocenters. The number of rotatable bonds is 6. The van der Waals surface area contributed by atoms with Crippen molar-refractivity contribution in [1.82, 2.24) is 4.98 Å². The fourth-order valence-electron chi connectivity index (χ4n) is 1.95. The Morgan fingerprint density at radius 2 is 2.10 bits per heavy atom. The molecule has 5 nitrogen and oxygen atoms in total. The molecular formula is C15H16N2O3S. The van der Waals surface area contributed by atoms with Crippen LogP contribution in [-0.2, 0) is 22.4 Å². The van der Waals surface area contributed by atoms with E-state index in [-0.39, 0.29) is 18.7 Å². The molecule has 2 aromatic rings. The molecule has 0 fully saturated rings. The van der Waals surface area contributed by atoms with Crippen molar-refractivity contribution in [2.75, 3.05) is 5.32 Å². The molecule has 0 bridgehead atoms. The summed E-state index contributed by atoms with van der Waals surface area (Å²) in [6, 6.07) is 7.25. The van der Waals surface area contributed by atoms with Gasteiger partial charge in [-0.2, -0.15) is 0 Å². The number of thiazole rings is 1. The number of anilines is 1. The lowest BCUT2D eigenvalue weighted by Gasteiger charge is -2.09. The number of hydrogen-bond acceptors (Lipinski definition) is 4. The first kappa shape index (κ1) is 15.2. The normalized spacial score (nSPS) is 10.3. The molecule has 0 aliphatic carbocycles. The number of nitrogens with zero attached hydrogens (tertiary/aromatic N) is 1. The molecule has 0 saturated heterocycles. The zero-order chi connectivity index (χ0) is 15.2. The maximum absolute atomic E-state index is 12.0. The standard InChI is InChI=1S/C15H16N2O3S/c1-10-16-12(9-21-10)8-14(18)17-13-5-3-2-4-11(13)6-7-15(19)20/h2-5,9H,6-8H2,1H3,(H,17,18)(H,19,20). The van der Waals surface area contributed by atoms with Gasteiger partial charge in [-0.1, -0.05) is 18.2 Å². The van der Waals surface area contributed by atoms with Crippen molar-refractivity contribution in [1.29, 1.82) is 0 Å². The Balaban J connectivity index is 2.01. The lowest BCUT2D eigenvalue weighted by molar-refractivity contribution is -0.136. The number of carbonyl (C=O) groups is 2. The number of aryl methyl sites for hydroxylation is 2. The highest BCUT2D eigenvalue weighted by atomic mass is 32.1. The van der Waals surface area contributed by atoms with Crippen molar-refractivity contribution in [3.05, 3.63) is 45.9 Å². The van der Waals surface area contributed by atoms with Gasteiger partial charge in [0.25, 0.3) is 0 Å². The zero-order valence-corrected chi connectivity index (χ0v) is 12.4. The summed E-state index contributed by atoms with van der Waals surface area (Å²) in [5, 5.41) is 14.4. The van der Waals surface area contributed by atoms with E-state index in [0.717, 1.165) is 16.3 Å². The Bertz CT molecular complexity index is 652. The quantitative estimate of drug-likeness (QED) is 0.860. The number of benzene rings is 1. The smallest absolute Gasteiger partial charge is 0.303 e. The molecule has 110 valence electrons. The predicted molar refractivity (Wildman–Crippen MR) is 81.6 cm³/mol. The number of hydrogen-bond donors (Lipinski definition) is 2. The van der Waals surface area contributed by atoms with Crippen LogP contribution in [0, 0.1) is 6.92 Å². The van der Waals surface area contributed by atoms with E-state index in [1.54, 1.807) is 6.07 Å². The number of amides is 1. The lowest BCUT2D eigenvalue weighted by atomic mass is 10.1. The average molecular weight is 304 g/mol. The molecular weight excluding hydrogens is 288 g/mol. The SMILES string of the molecule is Cc1nc(CC(=O)Nc2ccccc2CCC(=O)O)cs1. The fourth-order valence-corrected chi connectivity index (χ4v) is 2.56. The summed E-state index contributed by atoms with van der Waals surface area (Å²) in [6.45, 7) is 1.90. The summed E-state index contributed by atoms with van der Waals surface area (Å²) in [6.07, 6.45) is 0.650. The van der Waals surface area contributed by atoms with Gasteiger partial charge in [0.15, 0.2) is 0 Å². The molecule has 1 aromatic carbocycles. The maximum Gasteiger partial charge on any atom is 0.303 e. The summed E-state index contributed by atoms with van der Waals surface area (Å²) in [5.74, 6) is -1.00. The number of aromatic nitrogens is 1. The van der Waals surface area contributed by atoms with Gasteiger partial charge in [-0.05, 0) is 25.0 Å². The molecule has 0 atom stereocenters. The highest BCUT2D eigenvalue weighted by Gasteiger charge is 2.10. The molecule has 21 heavy (non-hydrogen) atoms. The van der Waals surface area contributed by atoms with Crippen LogP contribution in [0.2, 0.25) is 0 Å². The van der Waals surface area contributed by atoms with Crippen molar-refractivity contribution < 1.29 is 14.7 Å². The van der Waals surface area contributed by atoms with E-state index in [4.69, 9.17) is 5.11 Å². The van der Waals surface area contributed by atoms with Crippen LogP contribution in [-0.4, -0.2) is 22.0 Å². The van der Waals surface area contributed by atoms with Gasteiger partial charge in [0.2, 0.25) is 5.91 Å². The van der Waals surface area contributed by atoms with Crippen LogP contribution >= 0.6 is 11.3 Å². The van der Waals surface area contributed by atoms with E-state index in [0.29, 0.717) is 12.1 Å². The Morgan fingerprint density at radius 1 is 1.33 bits per heavy atom. The average Bonchev–Trinajstić information content (AvgIpc) is 2.83. The fraction of sp³-hybridized carbons (Fsp3) is 0.267. The number of carboxylic acids is 1. The van der Waals surface area contributed by atoms with Crippen molar-refractivity contribution >= 4 is 28.9 Å². The Hall–Kier alpha value is -2.21. The Labute approximate surface area is 126 Å². The molecule has 0 aliphatic rings. The third-order valence-corrected chi connectivity index (χ3v) is 3.73. The molecule has 0 aliphatic heterocycles. The van der Waals surface area contributed by atoms with Crippen molar-refractivity contribution in [2.24, 2.45) is 0 Å². The summed E-state index contributed by atoms with van der Waals surface area (Å²) in [7, 11) is 0. The van der Waals surface area contributed by atoms with Crippen LogP contribution in [0.3, 0.4) is 0 Å². The van der Waals surface area contributed by atoms with Gasteiger partial charge in [0.05, 0.1) is 17.1 Å². The van der Waals surface area contributed by atoms with Crippen LogP contribution in [0.1, 0.15) is 22.7 Å². The minimum atomic E-state index is -0.853. The Kier molecular flexibility index (Phi) is 5.05. The van der Waals surface area contributed by atoms with Gasteiger partial charge in [-0.15, -0.1) is 11.3 Å². The van der Waals surface area contributed by atoms with E-state index >= 15 is 0 Å². The zero-order valence-electron chi connectivity index (χ0n) is 11.6. The monoisotopic (exact) mass is 304 g/mol. The molecule has 2 N–H and O–H groups in total. The van der Waals surface area contributed by atoms with Crippen LogP contribution in [0.5, 0.6) is 0 Å². The molecule has 0 spiro atoms. The number of nitrogens with one attached hydrogen (secondary N) is 1. The molecule has 0 saturated carbocycles. The van der Waals surface area contributed by atoms with Crippen LogP contribution in [0.25, 0.3) is 0 Å². The van der Waals surface area contributed by atoms with Crippen molar-refractivity contribution in [3.8, 4) is 0 Å². The van der Waals surface area contributed by atoms with Crippen molar-refractivity contribution in [3.63, 3.8) is 0 Å². The second-order valence-corrected chi connectivity index (χ2v) is 5.70. The minimum absolute atomic E-state index is 0.0398. The number of carboxylic acid groups (broad SMARTS) is 1. The number of carbonyl (C=O) groups excluding carboxylic acids is 1. The van der Waals surface area contributed by atoms with E-state index in [1.165, 1.54) is 11.3 Å². The summed E-state index contributed by atoms with van der Waals surface area (Å²) in [4.78, 5) is 26.9. The molecule has 6 heteroatoms. The molecule has 0 radical (unpaired) electrons. The van der Waals surface area contributed by atoms with E-state index in [2.05, 4.69) is 10.3 Å². The first-order chi connectivity index (χ1) is 10.0. The van der Waals surface area contributed by atoms with Gasteiger partial charge in [0, 0.05) is 17.5 Å². The van der Waals surface area contributed by atoms with Crippen LogP contribution in [0.15, 0.2) is 29.6 Å². The van der Waals surface area contributed by atoms with E-state index in [1.807, 2.05) is 30.5 Å². The maximum atomic E-state index is 12.0. The first-order valence-electron chi connectivity index (χ1n) is 6.55.